The van der Waals surface area contributed by atoms with Gasteiger partial charge in [-0.15, -0.1) is 6.58 Å². The van der Waals surface area contributed by atoms with Crippen molar-refractivity contribution >= 4 is 0 Å². The van der Waals surface area contributed by atoms with Crippen LogP contribution in [0.15, 0.2) is 24.9 Å². The summed E-state index contributed by atoms with van der Waals surface area (Å²) in [6.07, 6.45) is 10.5. The molecule has 0 aromatic rings. The van der Waals surface area contributed by atoms with E-state index < -0.39 is 0 Å². The minimum absolute atomic E-state index is 0.506. The van der Waals surface area contributed by atoms with Gasteiger partial charge in [0.1, 0.15) is 0 Å². The SMILES string of the molecule is C=CC(C)/C=C/N1CCCCC1. The van der Waals surface area contributed by atoms with E-state index in [0.717, 1.165) is 0 Å². The summed E-state index contributed by atoms with van der Waals surface area (Å²) in [5.41, 5.74) is 0. The highest BCUT2D eigenvalue weighted by Crippen LogP contribution is 2.09. The molecule has 0 bridgehead atoms. The van der Waals surface area contributed by atoms with Crippen LogP contribution in [0.4, 0.5) is 0 Å². The Kier molecular flexibility index (Phi) is 3.92. The summed E-state index contributed by atoms with van der Waals surface area (Å²) in [6.45, 7) is 8.39. The van der Waals surface area contributed by atoms with Crippen molar-refractivity contribution in [2.45, 2.75) is 26.2 Å². The van der Waals surface area contributed by atoms with Crippen molar-refractivity contribution in [3.63, 3.8) is 0 Å². The molecule has 1 atom stereocenters. The van der Waals surface area contributed by atoms with Gasteiger partial charge in [-0.3, -0.25) is 0 Å². The standard InChI is InChI=1S/C11H19N/c1-3-11(2)7-10-12-8-5-4-6-9-12/h3,7,10-11H,1,4-6,8-9H2,2H3/b10-7+. The van der Waals surface area contributed by atoms with Gasteiger partial charge in [0.25, 0.3) is 0 Å². The summed E-state index contributed by atoms with van der Waals surface area (Å²) in [6, 6.07) is 0. The number of piperidine rings is 1. The normalized spacial score (nSPS) is 21.2. The van der Waals surface area contributed by atoms with Crippen LogP contribution >= 0.6 is 0 Å². The van der Waals surface area contributed by atoms with E-state index >= 15 is 0 Å². The third-order valence-electron chi connectivity index (χ3n) is 2.36. The number of likely N-dealkylation sites (tertiary alicyclic amines) is 1. The van der Waals surface area contributed by atoms with Crippen molar-refractivity contribution in [2.75, 3.05) is 13.1 Å². The van der Waals surface area contributed by atoms with Gasteiger partial charge in [-0.25, -0.2) is 0 Å². The molecule has 1 heterocycles. The topological polar surface area (TPSA) is 3.24 Å². The number of nitrogens with zero attached hydrogens (tertiary/aromatic N) is 1. The molecule has 0 aromatic carbocycles. The van der Waals surface area contributed by atoms with Gasteiger partial charge in [0.15, 0.2) is 0 Å². The highest BCUT2D eigenvalue weighted by molar-refractivity contribution is 4.95. The highest BCUT2D eigenvalue weighted by Gasteiger charge is 2.04. The Morgan fingerprint density at radius 2 is 1.92 bits per heavy atom. The van der Waals surface area contributed by atoms with Crippen molar-refractivity contribution in [3.8, 4) is 0 Å². The molecule has 0 radical (unpaired) electrons. The summed E-state index contributed by atoms with van der Waals surface area (Å²) in [5.74, 6) is 0.506. The minimum Gasteiger partial charge on any atom is -0.378 e. The van der Waals surface area contributed by atoms with Gasteiger partial charge in [-0.1, -0.05) is 19.1 Å². The average Bonchev–Trinajstić information content (AvgIpc) is 2.16. The molecule has 1 unspecified atom stereocenters. The molecular formula is C11H19N. The Balaban J connectivity index is 2.28. The van der Waals surface area contributed by atoms with E-state index in [1.54, 1.807) is 0 Å². The van der Waals surface area contributed by atoms with Gasteiger partial charge in [0.05, 0.1) is 0 Å². The Morgan fingerprint density at radius 1 is 1.25 bits per heavy atom. The molecule has 1 aliphatic heterocycles. The van der Waals surface area contributed by atoms with Gasteiger partial charge in [0, 0.05) is 13.1 Å². The maximum Gasteiger partial charge on any atom is 0.0172 e. The van der Waals surface area contributed by atoms with E-state index in [9.17, 15) is 0 Å². The van der Waals surface area contributed by atoms with Crippen molar-refractivity contribution in [2.24, 2.45) is 5.92 Å². The maximum atomic E-state index is 3.75. The molecule has 1 rings (SSSR count). The van der Waals surface area contributed by atoms with Crippen LogP contribution < -0.4 is 0 Å². The molecular weight excluding hydrogens is 146 g/mol. The molecule has 0 spiro atoms. The fraction of sp³-hybridized carbons (Fsp3) is 0.636. The Bertz CT molecular complexity index is 154. The van der Waals surface area contributed by atoms with Gasteiger partial charge < -0.3 is 4.90 Å². The molecule has 0 N–H and O–H groups in total. The molecule has 1 aliphatic rings. The fourth-order valence-electron chi connectivity index (χ4n) is 1.40. The molecule has 12 heavy (non-hydrogen) atoms. The van der Waals surface area contributed by atoms with E-state index in [1.165, 1.54) is 32.4 Å². The summed E-state index contributed by atoms with van der Waals surface area (Å²) in [4.78, 5) is 2.41. The van der Waals surface area contributed by atoms with Gasteiger partial charge in [-0.05, 0) is 31.4 Å². The van der Waals surface area contributed by atoms with Crippen LogP contribution in [0.5, 0.6) is 0 Å². The summed E-state index contributed by atoms with van der Waals surface area (Å²) in [5, 5.41) is 0. The molecule has 0 aliphatic carbocycles. The van der Waals surface area contributed by atoms with Crippen LogP contribution in [-0.2, 0) is 0 Å². The second-order valence-electron chi connectivity index (χ2n) is 3.53. The smallest absolute Gasteiger partial charge is 0.0172 e. The third-order valence-corrected chi connectivity index (χ3v) is 2.36. The number of hydrogen-bond donors (Lipinski definition) is 0. The van der Waals surface area contributed by atoms with Crippen LogP contribution in [-0.4, -0.2) is 18.0 Å². The minimum atomic E-state index is 0.506. The molecule has 1 saturated heterocycles. The van der Waals surface area contributed by atoms with E-state index in [1.807, 2.05) is 6.08 Å². The third kappa shape index (κ3) is 3.12. The van der Waals surface area contributed by atoms with Crippen LogP contribution in [0.1, 0.15) is 26.2 Å². The second-order valence-corrected chi connectivity index (χ2v) is 3.53. The fourth-order valence-corrected chi connectivity index (χ4v) is 1.40. The molecule has 0 amide bonds. The van der Waals surface area contributed by atoms with Crippen molar-refractivity contribution in [3.05, 3.63) is 24.9 Å². The zero-order valence-corrected chi connectivity index (χ0v) is 8.00. The first-order valence-electron chi connectivity index (χ1n) is 4.88. The molecule has 1 fully saturated rings. The molecule has 68 valence electrons. The Labute approximate surface area is 75.8 Å². The lowest BCUT2D eigenvalue weighted by atomic mass is 10.1. The quantitative estimate of drug-likeness (QED) is 0.581. The lowest BCUT2D eigenvalue weighted by Gasteiger charge is -2.25. The molecule has 1 heteroatoms. The average molecular weight is 165 g/mol. The summed E-state index contributed by atoms with van der Waals surface area (Å²) < 4.78 is 0. The van der Waals surface area contributed by atoms with Crippen LogP contribution in [0, 0.1) is 5.92 Å². The van der Waals surface area contributed by atoms with E-state index in [4.69, 9.17) is 0 Å². The van der Waals surface area contributed by atoms with Crippen molar-refractivity contribution in [1.82, 2.24) is 4.90 Å². The molecule has 0 aromatic heterocycles. The first-order valence-corrected chi connectivity index (χ1v) is 4.88. The van der Waals surface area contributed by atoms with Crippen molar-refractivity contribution < 1.29 is 0 Å². The zero-order chi connectivity index (χ0) is 8.81. The largest absolute Gasteiger partial charge is 0.378 e. The monoisotopic (exact) mass is 165 g/mol. The van der Waals surface area contributed by atoms with Crippen molar-refractivity contribution in [1.29, 1.82) is 0 Å². The first kappa shape index (κ1) is 9.37. The first-order chi connectivity index (χ1) is 5.83. The van der Waals surface area contributed by atoms with Gasteiger partial charge in [-0.2, -0.15) is 0 Å². The Morgan fingerprint density at radius 3 is 2.50 bits per heavy atom. The van der Waals surface area contributed by atoms with E-state index in [0.29, 0.717) is 5.92 Å². The van der Waals surface area contributed by atoms with Crippen LogP contribution in [0.2, 0.25) is 0 Å². The number of allylic oxidation sites excluding steroid dienone is 2. The zero-order valence-electron chi connectivity index (χ0n) is 8.00. The van der Waals surface area contributed by atoms with Gasteiger partial charge >= 0.3 is 0 Å². The lowest BCUT2D eigenvalue weighted by molar-refractivity contribution is 0.308. The lowest BCUT2D eigenvalue weighted by Crippen LogP contribution is -2.24. The Hall–Kier alpha value is -0.720. The predicted octanol–water partition coefficient (Wildman–Crippen LogP) is 2.81. The van der Waals surface area contributed by atoms with E-state index in [-0.39, 0.29) is 0 Å². The molecule has 1 nitrogen and oxygen atoms in total. The van der Waals surface area contributed by atoms with Gasteiger partial charge in [0.2, 0.25) is 0 Å². The molecule has 0 saturated carbocycles. The predicted molar refractivity (Wildman–Crippen MR) is 53.9 cm³/mol. The van der Waals surface area contributed by atoms with E-state index in [2.05, 4.69) is 30.7 Å². The number of hydrogen-bond acceptors (Lipinski definition) is 1. The summed E-state index contributed by atoms with van der Waals surface area (Å²) >= 11 is 0. The second kappa shape index (κ2) is 5.02. The summed E-state index contributed by atoms with van der Waals surface area (Å²) in [7, 11) is 0. The number of rotatable bonds is 3. The van der Waals surface area contributed by atoms with Crippen LogP contribution in [0.25, 0.3) is 0 Å². The highest BCUT2D eigenvalue weighted by atomic mass is 15.1. The van der Waals surface area contributed by atoms with Crippen LogP contribution in [0.3, 0.4) is 0 Å². The maximum absolute atomic E-state index is 3.75.